The van der Waals surface area contributed by atoms with Gasteiger partial charge in [-0.15, -0.1) is 0 Å². The Balaban J connectivity index is 1.84. The zero-order valence-electron chi connectivity index (χ0n) is 12.9. The van der Waals surface area contributed by atoms with Crippen molar-refractivity contribution in [2.24, 2.45) is 0 Å². The number of thioether (sulfide) groups is 1. The Morgan fingerprint density at radius 2 is 2.16 bits per heavy atom. The Kier molecular flexibility index (Phi) is 4.66. The molecule has 0 spiro atoms. The van der Waals surface area contributed by atoms with Gasteiger partial charge in [-0.1, -0.05) is 18.3 Å². The van der Waals surface area contributed by atoms with Gasteiger partial charge in [-0.2, -0.15) is 0 Å². The first kappa shape index (κ1) is 16.9. The lowest BCUT2D eigenvalue weighted by Crippen LogP contribution is -2.29. The van der Waals surface area contributed by atoms with Crippen molar-refractivity contribution >= 4 is 35.0 Å². The standard InChI is InChI=1S/C16H13FN4O3S/c1-2-13(22)20-12-7-9(3-4-11(12)17)19-14(23)10-8-18-16-21(15(10)24)5-6-25-16/h2-4,7-8H,1,5-6H2,(H,19,23)(H,20,22). The third-order valence-electron chi connectivity index (χ3n) is 3.47. The highest BCUT2D eigenvalue weighted by Gasteiger charge is 2.20. The van der Waals surface area contributed by atoms with Gasteiger partial charge in [0.05, 0.1) is 5.69 Å². The van der Waals surface area contributed by atoms with Crippen LogP contribution in [-0.4, -0.2) is 27.1 Å². The van der Waals surface area contributed by atoms with E-state index in [0.717, 1.165) is 17.9 Å². The molecule has 0 saturated heterocycles. The second kappa shape index (κ2) is 6.89. The van der Waals surface area contributed by atoms with Crippen molar-refractivity contribution in [2.45, 2.75) is 11.7 Å². The highest BCUT2D eigenvalue weighted by Crippen LogP contribution is 2.22. The van der Waals surface area contributed by atoms with E-state index in [4.69, 9.17) is 0 Å². The van der Waals surface area contributed by atoms with Crippen molar-refractivity contribution in [1.82, 2.24) is 9.55 Å². The Morgan fingerprint density at radius 3 is 2.92 bits per heavy atom. The van der Waals surface area contributed by atoms with Gasteiger partial charge >= 0.3 is 0 Å². The van der Waals surface area contributed by atoms with Crippen molar-refractivity contribution in [1.29, 1.82) is 0 Å². The third kappa shape index (κ3) is 3.45. The number of hydrogen-bond acceptors (Lipinski definition) is 5. The Labute approximate surface area is 146 Å². The number of aromatic nitrogens is 2. The molecule has 2 aromatic rings. The molecule has 1 aliphatic rings. The number of carbonyl (C=O) groups is 2. The van der Waals surface area contributed by atoms with Crippen LogP contribution in [0, 0.1) is 5.82 Å². The Morgan fingerprint density at radius 1 is 1.36 bits per heavy atom. The molecule has 0 aliphatic carbocycles. The molecule has 7 nitrogen and oxygen atoms in total. The largest absolute Gasteiger partial charge is 0.322 e. The van der Waals surface area contributed by atoms with Crippen molar-refractivity contribution in [3.05, 3.63) is 58.8 Å². The maximum Gasteiger partial charge on any atom is 0.267 e. The summed E-state index contributed by atoms with van der Waals surface area (Å²) in [6, 6.07) is 3.67. The number of amides is 2. The summed E-state index contributed by atoms with van der Waals surface area (Å²) < 4.78 is 15.2. The summed E-state index contributed by atoms with van der Waals surface area (Å²) in [5, 5.41) is 5.38. The maximum atomic E-state index is 13.7. The normalized spacial score (nSPS) is 12.4. The van der Waals surface area contributed by atoms with Crippen molar-refractivity contribution in [2.75, 3.05) is 16.4 Å². The summed E-state index contributed by atoms with van der Waals surface area (Å²) in [5.41, 5.74) is -0.407. The topological polar surface area (TPSA) is 93.1 Å². The zero-order valence-corrected chi connectivity index (χ0v) is 13.7. The van der Waals surface area contributed by atoms with Crippen molar-refractivity contribution in [3.63, 3.8) is 0 Å². The fourth-order valence-corrected chi connectivity index (χ4v) is 3.17. The predicted octanol–water partition coefficient (Wildman–Crippen LogP) is 1.86. The van der Waals surface area contributed by atoms with Crippen LogP contribution in [0.2, 0.25) is 0 Å². The number of anilines is 2. The fourth-order valence-electron chi connectivity index (χ4n) is 2.25. The van der Waals surface area contributed by atoms with E-state index in [-0.39, 0.29) is 16.9 Å². The molecule has 2 heterocycles. The van der Waals surface area contributed by atoms with Crippen molar-refractivity contribution < 1.29 is 14.0 Å². The maximum absolute atomic E-state index is 13.7. The second-order valence-electron chi connectivity index (χ2n) is 5.10. The molecular weight excluding hydrogens is 347 g/mol. The number of nitrogens with zero attached hydrogens (tertiary/aromatic N) is 2. The summed E-state index contributed by atoms with van der Waals surface area (Å²) in [5.74, 6) is -1.17. The molecule has 2 amide bonds. The molecule has 0 saturated carbocycles. The van der Waals surface area contributed by atoms with Gasteiger partial charge < -0.3 is 10.6 Å². The van der Waals surface area contributed by atoms with Crippen LogP contribution in [0.3, 0.4) is 0 Å². The van der Waals surface area contributed by atoms with E-state index in [0.29, 0.717) is 11.7 Å². The lowest BCUT2D eigenvalue weighted by molar-refractivity contribution is -0.111. The van der Waals surface area contributed by atoms with Gasteiger partial charge in [0.1, 0.15) is 11.4 Å². The van der Waals surface area contributed by atoms with Gasteiger partial charge in [-0.25, -0.2) is 9.37 Å². The quantitative estimate of drug-likeness (QED) is 0.641. The molecule has 2 N–H and O–H groups in total. The minimum atomic E-state index is -0.663. The average Bonchev–Trinajstić information content (AvgIpc) is 3.07. The Hall–Kier alpha value is -2.94. The van der Waals surface area contributed by atoms with Crippen LogP contribution in [0.1, 0.15) is 10.4 Å². The Bertz CT molecular complexity index is 941. The van der Waals surface area contributed by atoms with Crippen LogP contribution < -0.4 is 16.2 Å². The van der Waals surface area contributed by atoms with E-state index in [1.165, 1.54) is 34.7 Å². The molecule has 0 fully saturated rings. The van der Waals surface area contributed by atoms with E-state index in [9.17, 15) is 18.8 Å². The lowest BCUT2D eigenvalue weighted by atomic mass is 10.2. The minimum Gasteiger partial charge on any atom is -0.322 e. The second-order valence-corrected chi connectivity index (χ2v) is 6.16. The van der Waals surface area contributed by atoms with Crippen LogP contribution in [0.25, 0.3) is 0 Å². The SMILES string of the molecule is C=CC(=O)Nc1cc(NC(=O)c2cnc3n(c2=O)CCS3)ccc1F. The van der Waals surface area contributed by atoms with Crippen LogP contribution in [0.4, 0.5) is 15.8 Å². The van der Waals surface area contributed by atoms with Crippen LogP contribution in [0.5, 0.6) is 0 Å². The minimum absolute atomic E-state index is 0.104. The number of fused-ring (bicyclic) bond motifs is 1. The molecule has 9 heteroatoms. The lowest BCUT2D eigenvalue weighted by Gasteiger charge is -2.09. The average molecular weight is 360 g/mol. The van der Waals surface area contributed by atoms with Crippen molar-refractivity contribution in [3.8, 4) is 0 Å². The molecule has 128 valence electrons. The first-order valence-electron chi connectivity index (χ1n) is 7.26. The molecule has 1 aliphatic heterocycles. The number of hydrogen-bond donors (Lipinski definition) is 2. The predicted molar refractivity (Wildman–Crippen MR) is 92.4 cm³/mol. The molecule has 1 aromatic heterocycles. The van der Waals surface area contributed by atoms with Gasteiger partial charge in [-0.3, -0.25) is 19.0 Å². The highest BCUT2D eigenvalue weighted by atomic mass is 32.2. The molecule has 0 unspecified atom stereocenters. The summed E-state index contributed by atoms with van der Waals surface area (Å²) in [4.78, 5) is 40.1. The van der Waals surface area contributed by atoms with Gasteiger partial charge in [0.2, 0.25) is 5.91 Å². The number of nitrogens with one attached hydrogen (secondary N) is 2. The number of rotatable bonds is 4. The summed E-state index contributed by atoms with van der Waals surface area (Å²) in [7, 11) is 0. The monoisotopic (exact) mass is 360 g/mol. The number of benzene rings is 1. The summed E-state index contributed by atoms with van der Waals surface area (Å²) in [6.45, 7) is 3.79. The first-order valence-corrected chi connectivity index (χ1v) is 8.25. The molecule has 0 radical (unpaired) electrons. The van der Waals surface area contributed by atoms with E-state index < -0.39 is 23.2 Å². The van der Waals surface area contributed by atoms with E-state index in [1.54, 1.807) is 0 Å². The first-order chi connectivity index (χ1) is 12.0. The van der Waals surface area contributed by atoms with Crippen LogP contribution in [-0.2, 0) is 11.3 Å². The molecular formula is C16H13FN4O3S. The van der Waals surface area contributed by atoms with Gasteiger partial charge in [0.15, 0.2) is 5.16 Å². The van der Waals surface area contributed by atoms with Gasteiger partial charge in [-0.05, 0) is 24.3 Å². The van der Waals surface area contributed by atoms with E-state index in [2.05, 4.69) is 22.2 Å². The van der Waals surface area contributed by atoms with E-state index >= 15 is 0 Å². The third-order valence-corrected chi connectivity index (χ3v) is 4.44. The van der Waals surface area contributed by atoms with Crippen LogP contribution >= 0.6 is 11.8 Å². The molecule has 1 aromatic carbocycles. The van der Waals surface area contributed by atoms with Crippen LogP contribution in [0.15, 0.2) is 47.0 Å². The van der Waals surface area contributed by atoms with Gasteiger partial charge in [0, 0.05) is 24.2 Å². The molecule has 3 rings (SSSR count). The van der Waals surface area contributed by atoms with Gasteiger partial charge in [0.25, 0.3) is 11.5 Å². The zero-order chi connectivity index (χ0) is 18.0. The highest BCUT2D eigenvalue weighted by molar-refractivity contribution is 7.99. The smallest absolute Gasteiger partial charge is 0.267 e. The number of carbonyl (C=O) groups excluding carboxylic acids is 2. The summed E-state index contributed by atoms with van der Waals surface area (Å²) >= 11 is 1.45. The molecule has 0 atom stereocenters. The molecule has 0 bridgehead atoms. The number of halogens is 1. The molecule has 25 heavy (non-hydrogen) atoms. The summed E-state index contributed by atoms with van der Waals surface area (Å²) in [6.07, 6.45) is 2.23. The fraction of sp³-hybridized carbons (Fsp3) is 0.125. The van der Waals surface area contributed by atoms with E-state index in [1.807, 2.05) is 0 Å².